The lowest BCUT2D eigenvalue weighted by Crippen LogP contribution is -1.87. The van der Waals surface area contributed by atoms with Gasteiger partial charge in [0, 0.05) is 18.1 Å². The fourth-order valence-electron chi connectivity index (χ4n) is 1.34. The summed E-state index contributed by atoms with van der Waals surface area (Å²) in [4.78, 5) is 4.44. The highest BCUT2D eigenvalue weighted by atomic mass is 32.1. The van der Waals surface area contributed by atoms with Gasteiger partial charge in [-0.15, -0.1) is 11.3 Å². The Labute approximate surface area is 97.9 Å². The first kappa shape index (κ1) is 10.8. The number of aromatic nitrogens is 1. The molecule has 0 aliphatic carbocycles. The van der Waals surface area contributed by atoms with Crippen LogP contribution < -0.4 is 0 Å². The minimum Gasteiger partial charge on any atom is -0.378 e. The summed E-state index contributed by atoms with van der Waals surface area (Å²) in [6, 6.07) is 9.51. The summed E-state index contributed by atoms with van der Waals surface area (Å²) in [6.07, 6.45) is 0. The summed E-state index contributed by atoms with van der Waals surface area (Å²) in [5.41, 5.74) is 2.63. The molecule has 16 heavy (non-hydrogen) atoms. The molecule has 0 saturated heterocycles. The third-order valence-electron chi connectivity index (χ3n) is 2.10. The molecular formula is C12H10N2OS. The van der Waals surface area contributed by atoms with Gasteiger partial charge in [0.05, 0.1) is 23.9 Å². The van der Waals surface area contributed by atoms with Crippen LogP contribution in [0.2, 0.25) is 0 Å². The summed E-state index contributed by atoms with van der Waals surface area (Å²) in [7, 11) is 1.65. The number of nitriles is 1. The smallest absolute Gasteiger partial charge is 0.123 e. The molecule has 1 heterocycles. The fourth-order valence-corrected chi connectivity index (χ4v) is 2.15. The van der Waals surface area contributed by atoms with Gasteiger partial charge in [0.1, 0.15) is 5.01 Å². The lowest BCUT2D eigenvalue weighted by molar-refractivity contribution is 0.182. The van der Waals surface area contributed by atoms with E-state index in [-0.39, 0.29) is 0 Å². The Balaban J connectivity index is 2.25. The lowest BCUT2D eigenvalue weighted by Gasteiger charge is -1.95. The van der Waals surface area contributed by atoms with E-state index in [0.717, 1.165) is 16.3 Å². The third-order valence-corrected chi connectivity index (χ3v) is 3.05. The van der Waals surface area contributed by atoms with Crippen molar-refractivity contribution in [1.29, 1.82) is 5.26 Å². The second-order valence-corrected chi connectivity index (χ2v) is 4.12. The van der Waals surface area contributed by atoms with Crippen molar-refractivity contribution >= 4 is 11.3 Å². The van der Waals surface area contributed by atoms with E-state index in [0.29, 0.717) is 12.2 Å². The first-order chi connectivity index (χ1) is 7.83. The van der Waals surface area contributed by atoms with Gasteiger partial charge < -0.3 is 4.74 Å². The molecule has 4 heteroatoms. The van der Waals surface area contributed by atoms with E-state index in [9.17, 15) is 0 Å². The van der Waals surface area contributed by atoms with Crippen molar-refractivity contribution < 1.29 is 4.74 Å². The molecule has 0 aliphatic rings. The van der Waals surface area contributed by atoms with E-state index >= 15 is 0 Å². The van der Waals surface area contributed by atoms with Gasteiger partial charge in [0.25, 0.3) is 0 Å². The van der Waals surface area contributed by atoms with Crippen molar-refractivity contribution in [2.24, 2.45) is 0 Å². The fraction of sp³-hybridized carbons (Fsp3) is 0.167. The van der Waals surface area contributed by atoms with Crippen LogP contribution >= 0.6 is 11.3 Å². The molecule has 0 amide bonds. The summed E-state index contributed by atoms with van der Waals surface area (Å²) < 4.78 is 5.01. The topological polar surface area (TPSA) is 45.9 Å². The van der Waals surface area contributed by atoms with E-state index in [1.165, 1.54) is 0 Å². The van der Waals surface area contributed by atoms with Crippen LogP contribution in [0.1, 0.15) is 11.3 Å². The number of hydrogen-bond donors (Lipinski definition) is 0. The van der Waals surface area contributed by atoms with Gasteiger partial charge in [-0.3, -0.25) is 0 Å². The SMILES string of the molecule is COCc1csc(-c2ccc(C#N)cc2)n1. The summed E-state index contributed by atoms with van der Waals surface area (Å²) >= 11 is 1.58. The molecule has 3 nitrogen and oxygen atoms in total. The Morgan fingerprint density at radius 1 is 1.38 bits per heavy atom. The Hall–Kier alpha value is -1.70. The number of thiazole rings is 1. The Kier molecular flexibility index (Phi) is 3.30. The van der Waals surface area contributed by atoms with E-state index in [1.54, 1.807) is 30.6 Å². The monoisotopic (exact) mass is 230 g/mol. The molecule has 0 fully saturated rings. The maximum absolute atomic E-state index is 8.69. The molecule has 2 rings (SSSR count). The molecule has 0 spiro atoms. The Bertz CT molecular complexity index is 511. The normalized spacial score (nSPS) is 10.0. The minimum atomic E-state index is 0.535. The predicted molar refractivity (Wildman–Crippen MR) is 63.0 cm³/mol. The highest BCUT2D eigenvalue weighted by Crippen LogP contribution is 2.24. The number of hydrogen-bond acceptors (Lipinski definition) is 4. The molecule has 0 radical (unpaired) electrons. The molecule has 2 aromatic rings. The largest absolute Gasteiger partial charge is 0.378 e. The van der Waals surface area contributed by atoms with Crippen LogP contribution in [0.5, 0.6) is 0 Å². The second kappa shape index (κ2) is 4.88. The summed E-state index contributed by atoms with van der Waals surface area (Å²) in [5.74, 6) is 0. The van der Waals surface area contributed by atoms with Crippen LogP contribution in [-0.2, 0) is 11.3 Å². The zero-order valence-electron chi connectivity index (χ0n) is 8.80. The van der Waals surface area contributed by atoms with Crippen LogP contribution in [0.25, 0.3) is 10.6 Å². The van der Waals surface area contributed by atoms with Crippen LogP contribution in [-0.4, -0.2) is 12.1 Å². The minimum absolute atomic E-state index is 0.535. The summed E-state index contributed by atoms with van der Waals surface area (Å²) in [6.45, 7) is 0.535. The third kappa shape index (κ3) is 2.27. The molecule has 0 unspecified atom stereocenters. The molecule has 0 aliphatic heterocycles. The van der Waals surface area contributed by atoms with E-state index in [2.05, 4.69) is 11.1 Å². The van der Waals surface area contributed by atoms with Gasteiger partial charge in [-0.1, -0.05) is 12.1 Å². The zero-order valence-corrected chi connectivity index (χ0v) is 9.62. The van der Waals surface area contributed by atoms with Gasteiger partial charge >= 0.3 is 0 Å². The Morgan fingerprint density at radius 2 is 2.12 bits per heavy atom. The zero-order chi connectivity index (χ0) is 11.4. The lowest BCUT2D eigenvalue weighted by atomic mass is 10.1. The van der Waals surface area contributed by atoms with Gasteiger partial charge in [0.15, 0.2) is 0 Å². The van der Waals surface area contributed by atoms with Crippen LogP contribution in [0.3, 0.4) is 0 Å². The van der Waals surface area contributed by atoms with Crippen molar-refractivity contribution in [3.8, 4) is 16.6 Å². The average Bonchev–Trinajstić information content (AvgIpc) is 2.78. The molecule has 1 aromatic carbocycles. The van der Waals surface area contributed by atoms with Crippen molar-refractivity contribution in [3.63, 3.8) is 0 Å². The highest BCUT2D eigenvalue weighted by Gasteiger charge is 2.04. The molecule has 1 aromatic heterocycles. The molecule has 0 atom stereocenters. The van der Waals surface area contributed by atoms with E-state index in [1.807, 2.05) is 17.5 Å². The molecule has 0 bridgehead atoms. The maximum Gasteiger partial charge on any atom is 0.123 e. The number of rotatable bonds is 3. The highest BCUT2D eigenvalue weighted by molar-refractivity contribution is 7.13. The standard InChI is InChI=1S/C12H10N2OS/c1-15-7-11-8-16-12(14-11)10-4-2-9(6-13)3-5-10/h2-5,8H,7H2,1H3. The van der Waals surface area contributed by atoms with Gasteiger partial charge in [-0.25, -0.2) is 4.98 Å². The van der Waals surface area contributed by atoms with Gasteiger partial charge in [-0.2, -0.15) is 5.26 Å². The molecular weight excluding hydrogens is 220 g/mol. The number of ether oxygens (including phenoxy) is 1. The quantitative estimate of drug-likeness (QED) is 0.814. The maximum atomic E-state index is 8.69. The average molecular weight is 230 g/mol. The van der Waals surface area contributed by atoms with E-state index in [4.69, 9.17) is 10.00 Å². The van der Waals surface area contributed by atoms with Gasteiger partial charge in [-0.05, 0) is 12.1 Å². The van der Waals surface area contributed by atoms with Crippen molar-refractivity contribution in [2.45, 2.75) is 6.61 Å². The summed E-state index contributed by atoms with van der Waals surface area (Å²) in [5, 5.41) is 11.6. The van der Waals surface area contributed by atoms with Crippen LogP contribution in [0.15, 0.2) is 29.6 Å². The van der Waals surface area contributed by atoms with Crippen molar-refractivity contribution in [2.75, 3.05) is 7.11 Å². The van der Waals surface area contributed by atoms with Crippen LogP contribution in [0, 0.1) is 11.3 Å². The first-order valence-electron chi connectivity index (χ1n) is 4.77. The molecule has 0 N–H and O–H groups in total. The molecule has 0 saturated carbocycles. The first-order valence-corrected chi connectivity index (χ1v) is 5.65. The van der Waals surface area contributed by atoms with Gasteiger partial charge in [0.2, 0.25) is 0 Å². The Morgan fingerprint density at radius 3 is 2.75 bits per heavy atom. The predicted octanol–water partition coefficient (Wildman–Crippen LogP) is 2.83. The number of nitrogens with zero attached hydrogens (tertiary/aromatic N) is 2. The van der Waals surface area contributed by atoms with Crippen molar-refractivity contribution in [1.82, 2.24) is 4.98 Å². The van der Waals surface area contributed by atoms with Crippen molar-refractivity contribution in [3.05, 3.63) is 40.9 Å². The van der Waals surface area contributed by atoms with Crippen LogP contribution in [0.4, 0.5) is 0 Å². The number of benzene rings is 1. The number of methoxy groups -OCH3 is 1. The van der Waals surface area contributed by atoms with E-state index < -0.39 is 0 Å². The molecule has 80 valence electrons. The second-order valence-electron chi connectivity index (χ2n) is 3.27.